The second-order valence-corrected chi connectivity index (χ2v) is 4.87. The largest absolute Gasteiger partial charge is 0.496 e. The van der Waals surface area contributed by atoms with Crippen LogP contribution in [0.1, 0.15) is 20.8 Å². The maximum atomic E-state index is 12.0. The number of aromatic nitrogens is 1. The molecule has 110 valence electrons. The van der Waals surface area contributed by atoms with E-state index in [0.29, 0.717) is 5.02 Å². The quantitative estimate of drug-likeness (QED) is 0.803. The number of rotatable bonds is 4. The van der Waals surface area contributed by atoms with E-state index in [-0.39, 0.29) is 27.7 Å². The van der Waals surface area contributed by atoms with Crippen LogP contribution in [0.2, 0.25) is 10.0 Å². The molecule has 21 heavy (non-hydrogen) atoms. The number of methoxy groups -OCH3 is 1. The predicted octanol–water partition coefficient (Wildman–Crippen LogP) is 3.28. The summed E-state index contributed by atoms with van der Waals surface area (Å²) in [7, 11) is 1.33. The number of carboxylic acids is 1. The van der Waals surface area contributed by atoms with Crippen molar-refractivity contribution in [3.63, 3.8) is 0 Å². The van der Waals surface area contributed by atoms with Gasteiger partial charge in [0.05, 0.1) is 22.8 Å². The summed E-state index contributed by atoms with van der Waals surface area (Å²) in [6, 6.07) is 4.00. The summed E-state index contributed by atoms with van der Waals surface area (Å²) in [5, 5.41) is 12.1. The lowest BCUT2D eigenvalue weighted by Crippen LogP contribution is -2.13. The number of benzene rings is 1. The van der Waals surface area contributed by atoms with E-state index in [0.717, 1.165) is 0 Å². The summed E-state index contributed by atoms with van der Waals surface area (Å²) in [5.41, 5.74) is 0.384. The molecule has 3 N–H and O–H groups in total. The van der Waals surface area contributed by atoms with Crippen LogP contribution in [-0.2, 0) is 0 Å². The van der Waals surface area contributed by atoms with Crippen molar-refractivity contribution in [1.29, 1.82) is 0 Å². The van der Waals surface area contributed by atoms with Crippen molar-refractivity contribution in [1.82, 2.24) is 4.98 Å². The lowest BCUT2D eigenvalue weighted by molar-refractivity contribution is 0.0693. The fraction of sp³-hybridized carbons (Fsp3) is 0.0769. The molecule has 1 aromatic carbocycles. The molecule has 0 unspecified atom stereocenters. The zero-order chi connectivity index (χ0) is 15.6. The predicted molar refractivity (Wildman–Crippen MR) is 78.7 cm³/mol. The Balaban J connectivity index is 2.32. The van der Waals surface area contributed by atoms with Crippen LogP contribution in [0.5, 0.6) is 5.75 Å². The monoisotopic (exact) mass is 328 g/mol. The first kappa shape index (κ1) is 15.2. The average molecular weight is 329 g/mol. The van der Waals surface area contributed by atoms with E-state index in [1.807, 2.05) is 0 Å². The van der Waals surface area contributed by atoms with Crippen molar-refractivity contribution < 1.29 is 19.4 Å². The molecule has 1 amide bonds. The van der Waals surface area contributed by atoms with Gasteiger partial charge in [-0.2, -0.15) is 0 Å². The van der Waals surface area contributed by atoms with Gasteiger partial charge in [0.25, 0.3) is 5.91 Å². The van der Waals surface area contributed by atoms with Crippen LogP contribution in [0.4, 0.5) is 5.69 Å². The number of hydrogen-bond acceptors (Lipinski definition) is 3. The lowest BCUT2D eigenvalue weighted by atomic mass is 10.1. The molecule has 0 spiro atoms. The molecule has 0 aliphatic heterocycles. The number of nitrogens with one attached hydrogen (secondary N) is 2. The number of carbonyl (C=O) groups is 2. The number of H-pyrrole nitrogens is 1. The van der Waals surface area contributed by atoms with E-state index in [4.69, 9.17) is 33.0 Å². The van der Waals surface area contributed by atoms with Gasteiger partial charge in [-0.05, 0) is 12.1 Å². The summed E-state index contributed by atoms with van der Waals surface area (Å²) in [5.74, 6) is -1.55. The number of carboxylic acid groups (broad SMARTS) is 1. The highest BCUT2D eigenvalue weighted by Crippen LogP contribution is 2.31. The molecule has 0 saturated carbocycles. The van der Waals surface area contributed by atoms with Crippen molar-refractivity contribution >= 4 is 40.8 Å². The van der Waals surface area contributed by atoms with E-state index >= 15 is 0 Å². The van der Waals surface area contributed by atoms with Gasteiger partial charge in [0.1, 0.15) is 17.0 Å². The first-order valence-corrected chi connectivity index (χ1v) is 6.44. The minimum absolute atomic E-state index is 0.0826. The standard InChI is InChI=1S/C13H10Cl2N2O4/c1-21-11-4-9(8(15)3-7(11)13(19)20)17-12(18)10-2-6(14)5-16-10/h2-5,16H,1H3,(H,17,18)(H,19,20). The molecule has 6 nitrogen and oxygen atoms in total. The van der Waals surface area contributed by atoms with Crippen molar-refractivity contribution in [2.24, 2.45) is 0 Å². The first-order valence-electron chi connectivity index (χ1n) is 5.68. The molecule has 0 fully saturated rings. The normalized spacial score (nSPS) is 10.2. The van der Waals surface area contributed by atoms with Gasteiger partial charge in [-0.25, -0.2) is 4.79 Å². The summed E-state index contributed by atoms with van der Waals surface area (Å²) >= 11 is 11.7. The fourth-order valence-electron chi connectivity index (χ4n) is 1.67. The summed E-state index contributed by atoms with van der Waals surface area (Å²) in [6.07, 6.45) is 1.46. The second-order valence-electron chi connectivity index (χ2n) is 4.02. The highest BCUT2D eigenvalue weighted by atomic mass is 35.5. The highest BCUT2D eigenvalue weighted by molar-refractivity contribution is 6.34. The number of amides is 1. The number of hydrogen-bond donors (Lipinski definition) is 3. The molecule has 0 aliphatic rings. The molecule has 0 atom stereocenters. The van der Waals surface area contributed by atoms with E-state index in [9.17, 15) is 9.59 Å². The summed E-state index contributed by atoms with van der Waals surface area (Å²) in [6.45, 7) is 0. The molecular weight excluding hydrogens is 319 g/mol. The summed E-state index contributed by atoms with van der Waals surface area (Å²) in [4.78, 5) is 25.7. The Morgan fingerprint density at radius 1 is 1.29 bits per heavy atom. The van der Waals surface area contributed by atoms with E-state index in [2.05, 4.69) is 10.3 Å². The Hall–Kier alpha value is -2.18. The fourth-order valence-corrected chi connectivity index (χ4v) is 2.05. The zero-order valence-corrected chi connectivity index (χ0v) is 12.2. The minimum atomic E-state index is -1.18. The van der Waals surface area contributed by atoms with Gasteiger partial charge in [-0.1, -0.05) is 23.2 Å². The molecule has 1 heterocycles. The topological polar surface area (TPSA) is 91.4 Å². The Labute approximate surface area is 129 Å². The molecule has 8 heteroatoms. The highest BCUT2D eigenvalue weighted by Gasteiger charge is 2.17. The van der Waals surface area contributed by atoms with E-state index in [1.165, 1.54) is 31.5 Å². The molecule has 2 aromatic rings. The number of ether oxygens (including phenoxy) is 1. The molecule has 0 bridgehead atoms. The Bertz CT molecular complexity index is 712. The van der Waals surface area contributed by atoms with Gasteiger partial charge in [-0.15, -0.1) is 0 Å². The maximum absolute atomic E-state index is 12.0. The Morgan fingerprint density at radius 2 is 2.00 bits per heavy atom. The second kappa shape index (κ2) is 6.07. The van der Waals surface area contributed by atoms with Gasteiger partial charge < -0.3 is 20.1 Å². The van der Waals surface area contributed by atoms with Crippen molar-refractivity contribution in [2.75, 3.05) is 12.4 Å². The van der Waals surface area contributed by atoms with Crippen LogP contribution in [0.15, 0.2) is 24.4 Å². The van der Waals surface area contributed by atoms with Crippen molar-refractivity contribution in [3.8, 4) is 5.75 Å². The molecule has 0 saturated heterocycles. The Morgan fingerprint density at radius 3 is 2.52 bits per heavy atom. The van der Waals surface area contributed by atoms with E-state index < -0.39 is 11.9 Å². The number of aromatic carboxylic acids is 1. The third kappa shape index (κ3) is 3.29. The van der Waals surface area contributed by atoms with Crippen LogP contribution < -0.4 is 10.1 Å². The first-order chi connectivity index (χ1) is 9.92. The summed E-state index contributed by atoms with van der Waals surface area (Å²) < 4.78 is 4.97. The van der Waals surface area contributed by atoms with Crippen LogP contribution >= 0.6 is 23.2 Å². The third-order valence-electron chi connectivity index (χ3n) is 2.66. The molecular formula is C13H10Cl2N2O4. The van der Waals surface area contributed by atoms with Crippen LogP contribution in [0.25, 0.3) is 0 Å². The molecule has 0 radical (unpaired) electrons. The molecule has 0 aliphatic carbocycles. The van der Waals surface area contributed by atoms with E-state index in [1.54, 1.807) is 0 Å². The number of carbonyl (C=O) groups excluding carboxylic acids is 1. The van der Waals surface area contributed by atoms with Gasteiger partial charge in [0, 0.05) is 12.3 Å². The zero-order valence-electron chi connectivity index (χ0n) is 10.7. The van der Waals surface area contributed by atoms with Crippen LogP contribution in [-0.4, -0.2) is 29.1 Å². The number of halogens is 2. The third-order valence-corrected chi connectivity index (χ3v) is 3.19. The van der Waals surface area contributed by atoms with Gasteiger partial charge >= 0.3 is 5.97 Å². The SMILES string of the molecule is COc1cc(NC(=O)c2cc(Cl)c[nH]2)c(Cl)cc1C(=O)O. The maximum Gasteiger partial charge on any atom is 0.339 e. The van der Waals surface area contributed by atoms with Crippen molar-refractivity contribution in [2.45, 2.75) is 0 Å². The molecule has 1 aromatic heterocycles. The lowest BCUT2D eigenvalue weighted by Gasteiger charge is -2.11. The van der Waals surface area contributed by atoms with Crippen LogP contribution in [0, 0.1) is 0 Å². The van der Waals surface area contributed by atoms with Gasteiger partial charge in [0.15, 0.2) is 0 Å². The smallest absolute Gasteiger partial charge is 0.339 e. The van der Waals surface area contributed by atoms with Crippen LogP contribution in [0.3, 0.4) is 0 Å². The number of aromatic amines is 1. The van der Waals surface area contributed by atoms with Crippen molar-refractivity contribution in [3.05, 3.63) is 45.7 Å². The Kier molecular flexibility index (Phi) is 4.40. The van der Waals surface area contributed by atoms with Gasteiger partial charge in [-0.3, -0.25) is 4.79 Å². The molecule has 2 rings (SSSR count). The van der Waals surface area contributed by atoms with Gasteiger partial charge in [0.2, 0.25) is 0 Å². The average Bonchev–Trinajstić information content (AvgIpc) is 2.87. The minimum Gasteiger partial charge on any atom is -0.496 e. The number of anilines is 1.